The predicted octanol–water partition coefficient (Wildman–Crippen LogP) is 3.70. The lowest BCUT2D eigenvalue weighted by atomic mass is 9.68. The largest absolute Gasteiger partial charge is 0.335 e. The van der Waals surface area contributed by atoms with Crippen LogP contribution in [0.15, 0.2) is 24.5 Å². The van der Waals surface area contributed by atoms with Crippen molar-refractivity contribution >= 4 is 27.3 Å². The van der Waals surface area contributed by atoms with E-state index in [1.807, 2.05) is 18.3 Å². The highest BCUT2D eigenvalue weighted by molar-refractivity contribution is 7.20. The van der Waals surface area contributed by atoms with Gasteiger partial charge in [-0.25, -0.2) is 0 Å². The van der Waals surface area contributed by atoms with Crippen molar-refractivity contribution in [2.45, 2.75) is 38.6 Å². The molecule has 1 atom stereocenters. The van der Waals surface area contributed by atoms with Gasteiger partial charge in [0.1, 0.15) is 0 Å². The van der Waals surface area contributed by atoms with Gasteiger partial charge in [-0.3, -0.25) is 9.78 Å². The average molecular weight is 286 g/mol. The number of thiophene rings is 1. The lowest BCUT2D eigenvalue weighted by Gasteiger charge is -2.37. The zero-order valence-corrected chi connectivity index (χ0v) is 12.4. The molecular weight excluding hydrogens is 268 g/mol. The first-order valence-corrected chi connectivity index (χ1v) is 8.13. The second-order valence-electron chi connectivity index (χ2n) is 6.36. The predicted molar refractivity (Wildman–Crippen MR) is 81.0 cm³/mol. The van der Waals surface area contributed by atoms with E-state index >= 15 is 0 Å². The molecule has 1 saturated carbocycles. The van der Waals surface area contributed by atoms with Crippen molar-refractivity contribution < 1.29 is 4.79 Å². The number of hydrogen-bond acceptors (Lipinski definition) is 3. The summed E-state index contributed by atoms with van der Waals surface area (Å²) >= 11 is 1.57. The molecule has 0 aromatic carbocycles. The minimum absolute atomic E-state index is 0.211. The minimum Gasteiger partial charge on any atom is -0.335 e. The third-order valence-electron chi connectivity index (χ3n) is 4.98. The van der Waals surface area contributed by atoms with Crippen molar-refractivity contribution in [3.8, 4) is 0 Å². The Kier molecular flexibility index (Phi) is 2.64. The summed E-state index contributed by atoms with van der Waals surface area (Å²) in [6, 6.07) is 4.37. The fourth-order valence-electron chi connectivity index (χ4n) is 3.76. The fourth-order valence-corrected chi connectivity index (χ4v) is 4.75. The molecule has 1 spiro atoms. The molecule has 1 aliphatic heterocycles. The van der Waals surface area contributed by atoms with Gasteiger partial charge < -0.3 is 4.90 Å². The lowest BCUT2D eigenvalue weighted by molar-refractivity contribution is 0.0706. The maximum absolute atomic E-state index is 12.8. The normalized spacial score (nSPS) is 24.2. The van der Waals surface area contributed by atoms with Gasteiger partial charge in [0.25, 0.3) is 5.91 Å². The van der Waals surface area contributed by atoms with Crippen LogP contribution in [-0.4, -0.2) is 28.4 Å². The molecule has 1 unspecified atom stereocenters. The topological polar surface area (TPSA) is 33.2 Å². The number of amides is 1. The summed E-state index contributed by atoms with van der Waals surface area (Å²) in [4.78, 5) is 19.9. The number of pyridine rings is 1. The molecule has 1 saturated heterocycles. The molecule has 104 valence electrons. The first kappa shape index (κ1) is 12.3. The van der Waals surface area contributed by atoms with E-state index in [4.69, 9.17) is 0 Å². The second kappa shape index (κ2) is 4.29. The second-order valence-corrected chi connectivity index (χ2v) is 7.45. The highest BCUT2D eigenvalue weighted by atomic mass is 32.1. The summed E-state index contributed by atoms with van der Waals surface area (Å²) in [6.07, 6.45) is 8.76. The summed E-state index contributed by atoms with van der Waals surface area (Å²) in [6.45, 7) is 3.15. The maximum Gasteiger partial charge on any atom is 0.264 e. The Labute approximate surface area is 122 Å². The molecular formula is C16H18N2OS. The Bertz CT molecular complexity index is 641. The smallest absolute Gasteiger partial charge is 0.264 e. The lowest BCUT2D eigenvalue weighted by Crippen LogP contribution is -2.37. The zero-order valence-electron chi connectivity index (χ0n) is 11.6. The zero-order chi connectivity index (χ0) is 13.7. The van der Waals surface area contributed by atoms with E-state index in [1.165, 1.54) is 25.7 Å². The van der Waals surface area contributed by atoms with Crippen LogP contribution in [0.4, 0.5) is 0 Å². The fraction of sp³-hybridized carbons (Fsp3) is 0.500. The monoisotopic (exact) mass is 286 g/mol. The van der Waals surface area contributed by atoms with Gasteiger partial charge in [0.15, 0.2) is 0 Å². The molecule has 20 heavy (non-hydrogen) atoms. The summed E-state index contributed by atoms with van der Waals surface area (Å²) < 4.78 is 1.10. The molecule has 1 amide bonds. The van der Waals surface area contributed by atoms with Crippen LogP contribution in [0.1, 0.15) is 42.3 Å². The van der Waals surface area contributed by atoms with Crippen LogP contribution in [0.5, 0.6) is 0 Å². The third-order valence-corrected chi connectivity index (χ3v) is 6.05. The van der Waals surface area contributed by atoms with Crippen LogP contribution in [0.3, 0.4) is 0 Å². The number of rotatable bonds is 1. The molecule has 0 bridgehead atoms. The number of fused-ring (bicyclic) bond motifs is 1. The molecule has 0 radical (unpaired) electrons. The van der Waals surface area contributed by atoms with E-state index in [2.05, 4.69) is 16.8 Å². The van der Waals surface area contributed by atoms with Gasteiger partial charge in [0.2, 0.25) is 0 Å². The van der Waals surface area contributed by atoms with Crippen LogP contribution < -0.4 is 0 Å². The maximum atomic E-state index is 12.8. The highest BCUT2D eigenvalue weighted by Gasteiger charge is 2.47. The number of likely N-dealkylation sites (tertiary alicyclic amines) is 1. The quantitative estimate of drug-likeness (QED) is 0.801. The molecule has 2 aromatic rings. The summed E-state index contributed by atoms with van der Waals surface area (Å²) in [5.41, 5.74) is 0.452. The Morgan fingerprint density at radius 2 is 2.35 bits per heavy atom. The van der Waals surface area contributed by atoms with Gasteiger partial charge in [-0.05, 0) is 49.1 Å². The van der Waals surface area contributed by atoms with Gasteiger partial charge in [0, 0.05) is 25.0 Å². The summed E-state index contributed by atoms with van der Waals surface area (Å²) in [7, 11) is 0. The number of hydrogen-bond donors (Lipinski definition) is 0. The molecule has 4 heteroatoms. The van der Waals surface area contributed by atoms with Crippen LogP contribution in [-0.2, 0) is 0 Å². The minimum atomic E-state index is 0.211. The van der Waals surface area contributed by atoms with Gasteiger partial charge in [-0.2, -0.15) is 0 Å². The Morgan fingerprint density at radius 3 is 3.00 bits per heavy atom. The molecule has 4 rings (SSSR count). The number of aromatic nitrogens is 1. The summed E-state index contributed by atoms with van der Waals surface area (Å²) in [5, 5.41) is 1.12. The van der Waals surface area contributed by atoms with Gasteiger partial charge >= 0.3 is 0 Å². The molecule has 2 fully saturated rings. The Morgan fingerprint density at radius 1 is 1.50 bits per heavy atom. The molecule has 2 aromatic heterocycles. The van der Waals surface area contributed by atoms with Gasteiger partial charge in [0.05, 0.1) is 9.58 Å². The highest BCUT2D eigenvalue weighted by Crippen LogP contribution is 2.50. The van der Waals surface area contributed by atoms with E-state index in [-0.39, 0.29) is 5.91 Å². The van der Waals surface area contributed by atoms with Crippen LogP contribution in [0.2, 0.25) is 0 Å². The molecule has 3 heterocycles. The standard InChI is InChI=1S/C16H18N2OS/c1-11-8-16(4-2-5-16)10-18(11)15(19)13-7-12-3-6-17-9-14(12)20-13/h3,6-7,9,11H,2,4-5,8,10H2,1H3. The first-order valence-electron chi connectivity index (χ1n) is 7.31. The third kappa shape index (κ3) is 1.78. The van der Waals surface area contributed by atoms with E-state index < -0.39 is 0 Å². The SMILES string of the molecule is CC1CC2(CCC2)CN1C(=O)c1cc2ccncc2s1. The molecule has 1 aliphatic carbocycles. The van der Waals surface area contributed by atoms with Crippen molar-refractivity contribution in [1.82, 2.24) is 9.88 Å². The van der Waals surface area contributed by atoms with Crippen molar-refractivity contribution in [2.75, 3.05) is 6.54 Å². The first-order chi connectivity index (χ1) is 9.67. The van der Waals surface area contributed by atoms with Crippen molar-refractivity contribution in [2.24, 2.45) is 5.41 Å². The summed E-state index contributed by atoms with van der Waals surface area (Å²) in [5.74, 6) is 0.211. The van der Waals surface area contributed by atoms with E-state index in [0.717, 1.165) is 21.5 Å². The molecule has 3 nitrogen and oxygen atoms in total. The van der Waals surface area contributed by atoms with Crippen molar-refractivity contribution in [3.63, 3.8) is 0 Å². The van der Waals surface area contributed by atoms with E-state index in [0.29, 0.717) is 11.5 Å². The van der Waals surface area contributed by atoms with Crippen LogP contribution in [0.25, 0.3) is 10.1 Å². The van der Waals surface area contributed by atoms with Gasteiger partial charge in [-0.15, -0.1) is 11.3 Å². The van der Waals surface area contributed by atoms with Crippen molar-refractivity contribution in [1.29, 1.82) is 0 Å². The van der Waals surface area contributed by atoms with Crippen LogP contribution in [0, 0.1) is 5.41 Å². The van der Waals surface area contributed by atoms with Crippen molar-refractivity contribution in [3.05, 3.63) is 29.4 Å². The number of carbonyl (C=O) groups excluding carboxylic acids is 1. The molecule has 0 N–H and O–H groups in total. The molecule has 2 aliphatic rings. The average Bonchev–Trinajstić information content (AvgIpc) is 2.98. The Hall–Kier alpha value is -1.42. The number of carbonyl (C=O) groups is 1. The van der Waals surface area contributed by atoms with E-state index in [1.54, 1.807) is 17.5 Å². The Balaban J connectivity index is 1.63. The van der Waals surface area contributed by atoms with Crippen LogP contribution >= 0.6 is 11.3 Å². The number of nitrogens with zero attached hydrogens (tertiary/aromatic N) is 2. The van der Waals surface area contributed by atoms with Gasteiger partial charge in [-0.1, -0.05) is 6.42 Å². The van der Waals surface area contributed by atoms with E-state index in [9.17, 15) is 4.79 Å².